The van der Waals surface area contributed by atoms with Gasteiger partial charge >= 0.3 is 5.97 Å². The maximum absolute atomic E-state index is 12.9. The second-order valence-electron chi connectivity index (χ2n) is 7.13. The van der Waals surface area contributed by atoms with Gasteiger partial charge in [-0.3, -0.25) is 10.2 Å². The first kappa shape index (κ1) is 21.9. The van der Waals surface area contributed by atoms with Crippen molar-refractivity contribution in [2.45, 2.75) is 19.8 Å². The number of rotatable bonds is 7. The molecule has 0 atom stereocenters. The Balaban J connectivity index is 1.52. The van der Waals surface area contributed by atoms with Crippen LogP contribution in [0.25, 0.3) is 17.4 Å². The Labute approximate surface area is 194 Å². The minimum atomic E-state index is -1.10. The molecule has 1 saturated heterocycles. The standard InChI is InChI=1S/C24H20N2O4S2/c1-2-5-15-8-10-16(11-9-15)20-13-12-17(30-20)14-21-22(27)26(24(31)32-21)25-19-7-4-3-6-18(19)23(28)29/h3-4,6-14,25H,2,5H2,1H3,(H,28,29). The van der Waals surface area contributed by atoms with E-state index in [4.69, 9.17) is 16.6 Å². The second-order valence-corrected chi connectivity index (χ2v) is 8.80. The summed E-state index contributed by atoms with van der Waals surface area (Å²) in [6.07, 6.45) is 3.77. The van der Waals surface area contributed by atoms with Crippen LogP contribution in [0.2, 0.25) is 0 Å². The van der Waals surface area contributed by atoms with Gasteiger partial charge in [-0.2, -0.15) is 0 Å². The smallest absolute Gasteiger partial charge is 0.337 e. The number of nitrogens with one attached hydrogen (secondary N) is 1. The zero-order valence-corrected chi connectivity index (χ0v) is 18.8. The number of para-hydroxylation sites is 1. The molecule has 1 aliphatic rings. The summed E-state index contributed by atoms with van der Waals surface area (Å²) in [6.45, 7) is 2.15. The van der Waals surface area contributed by atoms with Crippen LogP contribution in [0, 0.1) is 0 Å². The molecule has 0 spiro atoms. The summed E-state index contributed by atoms with van der Waals surface area (Å²) < 4.78 is 6.19. The molecule has 1 aliphatic heterocycles. The summed E-state index contributed by atoms with van der Waals surface area (Å²) in [5.74, 6) is -0.227. The number of hydrazine groups is 1. The molecule has 32 heavy (non-hydrogen) atoms. The van der Waals surface area contributed by atoms with Crippen molar-refractivity contribution in [3.05, 3.63) is 82.5 Å². The largest absolute Gasteiger partial charge is 0.478 e. The predicted molar refractivity (Wildman–Crippen MR) is 130 cm³/mol. The van der Waals surface area contributed by atoms with Gasteiger partial charge in [-0.05, 0) is 48.5 Å². The number of carbonyl (C=O) groups is 2. The van der Waals surface area contributed by atoms with E-state index in [9.17, 15) is 14.7 Å². The molecule has 8 heteroatoms. The zero-order valence-electron chi connectivity index (χ0n) is 17.2. The number of thiocarbonyl (C=S) groups is 1. The van der Waals surface area contributed by atoms with E-state index in [0.717, 1.165) is 30.2 Å². The molecule has 0 aliphatic carbocycles. The first-order valence-corrected chi connectivity index (χ1v) is 11.2. The fourth-order valence-corrected chi connectivity index (χ4v) is 4.45. The van der Waals surface area contributed by atoms with E-state index in [-0.39, 0.29) is 21.5 Å². The molecule has 6 nitrogen and oxygen atoms in total. The van der Waals surface area contributed by atoms with Crippen LogP contribution >= 0.6 is 24.0 Å². The molecule has 0 saturated carbocycles. The van der Waals surface area contributed by atoms with Crippen molar-refractivity contribution in [1.29, 1.82) is 0 Å². The average Bonchev–Trinajstić information content (AvgIpc) is 3.35. The van der Waals surface area contributed by atoms with E-state index in [1.807, 2.05) is 18.2 Å². The number of hydrogen-bond acceptors (Lipinski definition) is 6. The van der Waals surface area contributed by atoms with E-state index in [1.165, 1.54) is 16.6 Å². The zero-order chi connectivity index (χ0) is 22.7. The van der Waals surface area contributed by atoms with Crippen LogP contribution in [0.15, 0.2) is 70.0 Å². The van der Waals surface area contributed by atoms with Crippen molar-refractivity contribution in [3.8, 4) is 11.3 Å². The number of aromatic carboxylic acids is 1. The molecular formula is C24H20N2O4S2. The average molecular weight is 465 g/mol. The Morgan fingerprint density at radius 2 is 1.91 bits per heavy atom. The normalized spacial score (nSPS) is 14.9. The summed E-state index contributed by atoms with van der Waals surface area (Å²) in [5.41, 5.74) is 5.39. The predicted octanol–water partition coefficient (Wildman–Crippen LogP) is 5.83. The van der Waals surface area contributed by atoms with Crippen LogP contribution < -0.4 is 5.43 Å². The molecule has 0 bridgehead atoms. The van der Waals surface area contributed by atoms with Crippen molar-refractivity contribution in [2.75, 3.05) is 5.43 Å². The molecular weight excluding hydrogens is 444 g/mol. The molecule has 1 fully saturated rings. The molecule has 2 aromatic carbocycles. The number of carboxylic acid groups (broad SMARTS) is 1. The first-order chi connectivity index (χ1) is 15.5. The lowest BCUT2D eigenvalue weighted by Gasteiger charge is -2.18. The van der Waals surface area contributed by atoms with E-state index in [0.29, 0.717) is 16.4 Å². The summed E-state index contributed by atoms with van der Waals surface area (Å²) in [6, 6.07) is 18.2. The van der Waals surface area contributed by atoms with Crippen LogP contribution in [-0.4, -0.2) is 26.3 Å². The lowest BCUT2D eigenvalue weighted by atomic mass is 10.1. The van der Waals surface area contributed by atoms with E-state index < -0.39 is 5.97 Å². The van der Waals surface area contributed by atoms with Crippen LogP contribution in [-0.2, 0) is 11.2 Å². The van der Waals surface area contributed by atoms with Gasteiger partial charge in [0, 0.05) is 11.6 Å². The number of hydrogen-bond donors (Lipinski definition) is 2. The Bertz CT molecular complexity index is 1210. The molecule has 1 amide bonds. The highest BCUT2D eigenvalue weighted by Gasteiger charge is 2.33. The Morgan fingerprint density at radius 1 is 1.16 bits per heavy atom. The summed E-state index contributed by atoms with van der Waals surface area (Å²) in [7, 11) is 0. The monoisotopic (exact) mass is 464 g/mol. The molecule has 3 aromatic rings. The number of aryl methyl sites for hydroxylation is 1. The van der Waals surface area contributed by atoms with Crippen molar-refractivity contribution >= 4 is 51.9 Å². The van der Waals surface area contributed by atoms with Crippen molar-refractivity contribution in [1.82, 2.24) is 5.01 Å². The number of furan rings is 1. The lowest BCUT2D eigenvalue weighted by molar-refractivity contribution is -0.121. The maximum atomic E-state index is 12.9. The van der Waals surface area contributed by atoms with Gasteiger partial charge in [0.05, 0.1) is 16.2 Å². The third-order valence-corrected chi connectivity index (χ3v) is 6.16. The number of benzene rings is 2. The summed E-state index contributed by atoms with van der Waals surface area (Å²) in [5, 5.41) is 10.5. The maximum Gasteiger partial charge on any atom is 0.337 e. The molecule has 162 valence electrons. The van der Waals surface area contributed by atoms with E-state index >= 15 is 0 Å². The minimum Gasteiger partial charge on any atom is -0.478 e. The molecule has 1 aromatic heterocycles. The van der Waals surface area contributed by atoms with E-state index in [1.54, 1.807) is 30.3 Å². The summed E-state index contributed by atoms with van der Waals surface area (Å²) in [4.78, 5) is 24.7. The highest BCUT2D eigenvalue weighted by Crippen LogP contribution is 2.34. The van der Waals surface area contributed by atoms with Crippen molar-refractivity contribution < 1.29 is 19.1 Å². The highest BCUT2D eigenvalue weighted by molar-refractivity contribution is 8.26. The number of thioether (sulfide) groups is 1. The fraction of sp³-hybridized carbons (Fsp3) is 0.125. The molecule has 4 rings (SSSR count). The quantitative estimate of drug-likeness (QED) is 0.336. The number of nitrogens with zero attached hydrogens (tertiary/aromatic N) is 1. The van der Waals surface area contributed by atoms with Gasteiger partial charge in [0.15, 0.2) is 4.32 Å². The molecule has 0 unspecified atom stereocenters. The Morgan fingerprint density at radius 3 is 2.62 bits per heavy atom. The second kappa shape index (κ2) is 9.42. The lowest BCUT2D eigenvalue weighted by Crippen LogP contribution is -2.34. The van der Waals surface area contributed by atoms with Gasteiger partial charge < -0.3 is 9.52 Å². The van der Waals surface area contributed by atoms with E-state index in [2.05, 4.69) is 24.5 Å². The highest BCUT2D eigenvalue weighted by atomic mass is 32.2. The molecule has 2 heterocycles. The van der Waals surface area contributed by atoms with Crippen molar-refractivity contribution in [2.24, 2.45) is 0 Å². The van der Waals surface area contributed by atoms with Gasteiger partial charge in [-0.15, -0.1) is 0 Å². The van der Waals surface area contributed by atoms with Crippen molar-refractivity contribution in [3.63, 3.8) is 0 Å². The molecule has 2 N–H and O–H groups in total. The van der Waals surface area contributed by atoms with Crippen LogP contribution in [0.5, 0.6) is 0 Å². The first-order valence-electron chi connectivity index (χ1n) is 10.0. The van der Waals surface area contributed by atoms with Gasteiger partial charge in [-0.25, -0.2) is 9.80 Å². The number of carboxylic acids is 1. The third kappa shape index (κ3) is 4.61. The molecule has 0 radical (unpaired) electrons. The number of amides is 1. The van der Waals surface area contributed by atoms with Crippen LogP contribution in [0.4, 0.5) is 5.69 Å². The topological polar surface area (TPSA) is 82.8 Å². The van der Waals surface area contributed by atoms with Gasteiger partial charge in [0.1, 0.15) is 11.5 Å². The minimum absolute atomic E-state index is 0.0474. The fourth-order valence-electron chi connectivity index (χ4n) is 3.29. The third-order valence-electron chi connectivity index (χ3n) is 4.86. The van der Waals surface area contributed by atoms with Gasteiger partial charge in [0.25, 0.3) is 5.91 Å². The SMILES string of the molecule is CCCc1ccc(-c2ccc(C=C3SC(=S)N(Nc4ccccc4C(=O)O)C3=O)o2)cc1. The Hall–Kier alpha value is -3.36. The van der Waals surface area contributed by atoms with Crippen LogP contribution in [0.1, 0.15) is 35.0 Å². The number of carbonyl (C=O) groups excluding carboxylic acids is 1. The van der Waals surface area contributed by atoms with Gasteiger partial charge in [0.2, 0.25) is 0 Å². The van der Waals surface area contributed by atoms with Gasteiger partial charge in [-0.1, -0.05) is 61.5 Å². The van der Waals surface area contributed by atoms with Crippen LogP contribution in [0.3, 0.4) is 0 Å². The number of anilines is 1. The summed E-state index contributed by atoms with van der Waals surface area (Å²) >= 11 is 6.44. The Kier molecular flexibility index (Phi) is 6.43.